The molecule has 2 aromatic rings. The third kappa shape index (κ3) is 2.50. The summed E-state index contributed by atoms with van der Waals surface area (Å²) < 4.78 is 5.25. The second kappa shape index (κ2) is 5.42. The molecule has 2 aromatic carbocycles. The van der Waals surface area contributed by atoms with Crippen LogP contribution in [0, 0.1) is 6.92 Å². The summed E-state index contributed by atoms with van der Waals surface area (Å²) in [6.07, 6.45) is 0. The standard InChI is InChI=1S/C15H16ClNO/c1-10-3-4-11(9-17)7-13(10)12-5-6-14(16)15(8-12)18-2/h3-8H,9,17H2,1-2H3. The second-order valence-corrected chi connectivity index (χ2v) is 4.61. The summed E-state index contributed by atoms with van der Waals surface area (Å²) in [5, 5.41) is 0.619. The predicted molar refractivity (Wildman–Crippen MR) is 76.1 cm³/mol. The van der Waals surface area contributed by atoms with Crippen LogP contribution in [0.4, 0.5) is 0 Å². The van der Waals surface area contributed by atoms with Crippen LogP contribution in [0.1, 0.15) is 11.1 Å². The molecule has 2 N–H and O–H groups in total. The van der Waals surface area contributed by atoms with Crippen molar-refractivity contribution in [3.05, 3.63) is 52.5 Å². The first-order chi connectivity index (χ1) is 8.65. The first kappa shape index (κ1) is 12.9. The van der Waals surface area contributed by atoms with Crippen molar-refractivity contribution in [2.75, 3.05) is 7.11 Å². The van der Waals surface area contributed by atoms with Crippen molar-refractivity contribution in [3.8, 4) is 16.9 Å². The fourth-order valence-corrected chi connectivity index (χ4v) is 2.13. The van der Waals surface area contributed by atoms with E-state index in [1.54, 1.807) is 7.11 Å². The van der Waals surface area contributed by atoms with Crippen LogP contribution in [0.5, 0.6) is 5.75 Å². The van der Waals surface area contributed by atoms with Gasteiger partial charge in [0.05, 0.1) is 12.1 Å². The lowest BCUT2D eigenvalue weighted by molar-refractivity contribution is 0.415. The van der Waals surface area contributed by atoms with Gasteiger partial charge < -0.3 is 10.5 Å². The summed E-state index contributed by atoms with van der Waals surface area (Å²) in [6.45, 7) is 2.62. The Bertz CT molecular complexity index is 566. The number of ether oxygens (including phenoxy) is 1. The third-order valence-electron chi connectivity index (χ3n) is 3.00. The summed E-state index contributed by atoms with van der Waals surface area (Å²) in [7, 11) is 1.62. The van der Waals surface area contributed by atoms with E-state index in [-0.39, 0.29) is 0 Å². The number of aryl methyl sites for hydroxylation is 1. The average molecular weight is 262 g/mol. The number of benzene rings is 2. The van der Waals surface area contributed by atoms with Crippen LogP contribution in [-0.2, 0) is 6.54 Å². The van der Waals surface area contributed by atoms with Gasteiger partial charge in [-0.1, -0.05) is 29.8 Å². The molecule has 0 saturated carbocycles. The lowest BCUT2D eigenvalue weighted by Gasteiger charge is -2.10. The Labute approximate surface area is 112 Å². The quantitative estimate of drug-likeness (QED) is 0.913. The maximum Gasteiger partial charge on any atom is 0.138 e. The van der Waals surface area contributed by atoms with Gasteiger partial charge >= 0.3 is 0 Å². The highest BCUT2D eigenvalue weighted by atomic mass is 35.5. The number of nitrogens with two attached hydrogens (primary N) is 1. The van der Waals surface area contributed by atoms with Crippen LogP contribution < -0.4 is 10.5 Å². The van der Waals surface area contributed by atoms with Gasteiger partial charge in [-0.25, -0.2) is 0 Å². The molecule has 0 aliphatic carbocycles. The van der Waals surface area contributed by atoms with Gasteiger partial charge in [0.25, 0.3) is 0 Å². The second-order valence-electron chi connectivity index (χ2n) is 4.20. The molecule has 94 valence electrons. The van der Waals surface area contributed by atoms with Gasteiger partial charge in [-0.3, -0.25) is 0 Å². The van der Waals surface area contributed by atoms with Crippen LogP contribution in [0.2, 0.25) is 5.02 Å². The highest BCUT2D eigenvalue weighted by molar-refractivity contribution is 6.32. The van der Waals surface area contributed by atoms with Crippen molar-refractivity contribution in [2.45, 2.75) is 13.5 Å². The summed E-state index contributed by atoms with van der Waals surface area (Å²) in [4.78, 5) is 0. The molecule has 0 unspecified atom stereocenters. The van der Waals surface area contributed by atoms with Crippen molar-refractivity contribution in [1.29, 1.82) is 0 Å². The lowest BCUT2D eigenvalue weighted by Crippen LogP contribution is -1.97. The zero-order chi connectivity index (χ0) is 13.1. The van der Waals surface area contributed by atoms with Gasteiger partial charge in [-0.2, -0.15) is 0 Å². The monoisotopic (exact) mass is 261 g/mol. The molecule has 0 atom stereocenters. The van der Waals surface area contributed by atoms with E-state index in [0.29, 0.717) is 17.3 Å². The first-order valence-corrected chi connectivity index (χ1v) is 6.17. The lowest BCUT2D eigenvalue weighted by atomic mass is 9.98. The third-order valence-corrected chi connectivity index (χ3v) is 3.31. The summed E-state index contributed by atoms with van der Waals surface area (Å²) in [6, 6.07) is 12.0. The molecule has 2 rings (SSSR count). The van der Waals surface area contributed by atoms with Gasteiger partial charge in [0.15, 0.2) is 0 Å². The maximum atomic E-state index is 6.04. The smallest absolute Gasteiger partial charge is 0.138 e. The minimum atomic E-state index is 0.540. The van der Waals surface area contributed by atoms with Crippen LogP contribution >= 0.6 is 11.6 Å². The van der Waals surface area contributed by atoms with Crippen molar-refractivity contribution in [1.82, 2.24) is 0 Å². The van der Waals surface area contributed by atoms with E-state index < -0.39 is 0 Å². The molecule has 3 heteroatoms. The molecule has 0 amide bonds. The van der Waals surface area contributed by atoms with Crippen molar-refractivity contribution >= 4 is 11.6 Å². The van der Waals surface area contributed by atoms with Crippen LogP contribution in [0.15, 0.2) is 36.4 Å². The Hall–Kier alpha value is -1.51. The zero-order valence-electron chi connectivity index (χ0n) is 10.5. The van der Waals surface area contributed by atoms with E-state index in [0.717, 1.165) is 16.7 Å². The summed E-state index contributed by atoms with van der Waals surface area (Å²) >= 11 is 6.04. The number of rotatable bonds is 3. The van der Waals surface area contributed by atoms with E-state index in [9.17, 15) is 0 Å². The number of hydrogen-bond acceptors (Lipinski definition) is 2. The number of methoxy groups -OCH3 is 1. The van der Waals surface area contributed by atoms with Crippen molar-refractivity contribution in [2.24, 2.45) is 5.73 Å². The summed E-state index contributed by atoms with van der Waals surface area (Å²) in [5.74, 6) is 0.687. The van der Waals surface area contributed by atoms with Crippen LogP contribution in [0.3, 0.4) is 0 Å². The topological polar surface area (TPSA) is 35.2 Å². The van der Waals surface area contributed by atoms with Gasteiger partial charge in [0.2, 0.25) is 0 Å². The van der Waals surface area contributed by atoms with Crippen molar-refractivity contribution < 1.29 is 4.74 Å². The molecule has 0 aromatic heterocycles. The first-order valence-electron chi connectivity index (χ1n) is 5.79. The highest BCUT2D eigenvalue weighted by Crippen LogP contribution is 2.32. The molecule has 0 spiro atoms. The van der Waals surface area contributed by atoms with E-state index in [2.05, 4.69) is 19.1 Å². The fraction of sp³-hybridized carbons (Fsp3) is 0.200. The molecule has 0 aliphatic rings. The van der Waals surface area contributed by atoms with Crippen molar-refractivity contribution in [3.63, 3.8) is 0 Å². The average Bonchev–Trinajstić information content (AvgIpc) is 2.40. The molecule has 0 radical (unpaired) electrons. The van der Waals surface area contributed by atoms with Crippen LogP contribution in [0.25, 0.3) is 11.1 Å². The normalized spacial score (nSPS) is 10.4. The molecule has 0 heterocycles. The SMILES string of the molecule is COc1cc(-c2cc(CN)ccc2C)ccc1Cl. The Kier molecular flexibility index (Phi) is 3.90. The van der Waals surface area contributed by atoms with Gasteiger partial charge in [0, 0.05) is 6.54 Å². The maximum absolute atomic E-state index is 6.04. The zero-order valence-corrected chi connectivity index (χ0v) is 11.3. The Balaban J connectivity index is 2.54. The number of halogens is 1. The van der Waals surface area contributed by atoms with E-state index in [1.807, 2.05) is 24.3 Å². The highest BCUT2D eigenvalue weighted by Gasteiger charge is 2.07. The minimum Gasteiger partial charge on any atom is -0.495 e. The predicted octanol–water partition coefficient (Wildman–Crippen LogP) is 3.78. The van der Waals surface area contributed by atoms with E-state index in [1.165, 1.54) is 5.56 Å². The molecular weight excluding hydrogens is 246 g/mol. The largest absolute Gasteiger partial charge is 0.495 e. The fourth-order valence-electron chi connectivity index (χ4n) is 1.93. The minimum absolute atomic E-state index is 0.540. The Morgan fingerprint density at radius 1 is 1.17 bits per heavy atom. The van der Waals surface area contributed by atoms with E-state index >= 15 is 0 Å². The summed E-state index contributed by atoms with van der Waals surface area (Å²) in [5.41, 5.74) is 10.2. The van der Waals surface area contributed by atoms with Gasteiger partial charge in [-0.15, -0.1) is 0 Å². The Morgan fingerprint density at radius 3 is 2.61 bits per heavy atom. The van der Waals surface area contributed by atoms with Crippen LogP contribution in [-0.4, -0.2) is 7.11 Å². The molecule has 0 aliphatic heterocycles. The molecule has 0 fully saturated rings. The molecule has 0 bridgehead atoms. The van der Waals surface area contributed by atoms with Gasteiger partial charge in [-0.05, 0) is 47.4 Å². The molecule has 2 nitrogen and oxygen atoms in total. The Morgan fingerprint density at radius 2 is 1.94 bits per heavy atom. The van der Waals surface area contributed by atoms with E-state index in [4.69, 9.17) is 22.1 Å². The van der Waals surface area contributed by atoms with Gasteiger partial charge in [0.1, 0.15) is 5.75 Å². The molecular formula is C15H16ClNO. The molecule has 18 heavy (non-hydrogen) atoms. The molecule has 0 saturated heterocycles. The number of hydrogen-bond donors (Lipinski definition) is 1.